The number of carbonyl (C=O) groups is 2. The van der Waals surface area contributed by atoms with Crippen LogP contribution in [0.2, 0.25) is 0 Å². The van der Waals surface area contributed by atoms with E-state index in [4.69, 9.17) is 18.9 Å². The number of amides is 2. The minimum atomic E-state index is -0.221. The Hall–Kier alpha value is -3.42. The van der Waals surface area contributed by atoms with Crippen LogP contribution in [0.15, 0.2) is 48.5 Å². The molecule has 0 saturated heterocycles. The Balaban J connectivity index is 1.44. The molecule has 1 fully saturated rings. The molecule has 0 aliphatic heterocycles. The lowest BCUT2D eigenvalue weighted by molar-refractivity contribution is -0.127. The number of nitrogens with one attached hydrogen (secondary N) is 2. The molecule has 2 atom stereocenters. The average molecular weight is 443 g/mol. The van der Waals surface area contributed by atoms with Crippen LogP contribution in [0.25, 0.3) is 0 Å². The molecule has 3 rings (SSSR count). The van der Waals surface area contributed by atoms with Crippen molar-refractivity contribution in [3.8, 4) is 23.0 Å². The van der Waals surface area contributed by atoms with Gasteiger partial charge < -0.3 is 29.6 Å². The van der Waals surface area contributed by atoms with E-state index in [0.29, 0.717) is 11.5 Å². The molecule has 0 radical (unpaired) electrons. The first-order valence-electron chi connectivity index (χ1n) is 10.7. The minimum absolute atomic E-state index is 0.0932. The molecule has 2 amide bonds. The molecule has 0 heterocycles. The quantitative estimate of drug-likeness (QED) is 0.588. The molecule has 172 valence electrons. The van der Waals surface area contributed by atoms with Crippen molar-refractivity contribution in [2.75, 3.05) is 27.4 Å². The second kappa shape index (κ2) is 11.8. The van der Waals surface area contributed by atoms with Crippen LogP contribution in [0.3, 0.4) is 0 Å². The summed E-state index contributed by atoms with van der Waals surface area (Å²) in [5.41, 5.74) is 0. The number of benzene rings is 2. The van der Waals surface area contributed by atoms with E-state index in [2.05, 4.69) is 10.6 Å². The number of hydrogen-bond donors (Lipinski definition) is 2. The maximum absolute atomic E-state index is 12.4. The molecule has 1 saturated carbocycles. The number of carbonyl (C=O) groups excluding carboxylic acids is 2. The molecular weight excluding hydrogens is 412 g/mol. The topological polar surface area (TPSA) is 95.1 Å². The van der Waals surface area contributed by atoms with Gasteiger partial charge in [0.2, 0.25) is 0 Å². The van der Waals surface area contributed by atoms with E-state index in [9.17, 15) is 9.59 Å². The van der Waals surface area contributed by atoms with Gasteiger partial charge in [0.05, 0.1) is 14.2 Å². The fourth-order valence-corrected chi connectivity index (χ4v) is 3.61. The molecule has 8 heteroatoms. The normalized spacial score (nSPS) is 17.7. The summed E-state index contributed by atoms with van der Waals surface area (Å²) in [7, 11) is 3.18. The third kappa shape index (κ3) is 7.08. The molecular formula is C24H30N2O6. The Kier molecular flexibility index (Phi) is 8.60. The first-order valence-corrected chi connectivity index (χ1v) is 10.7. The molecule has 0 spiro atoms. The van der Waals surface area contributed by atoms with E-state index in [1.54, 1.807) is 62.8 Å². The minimum Gasteiger partial charge on any atom is -0.497 e. The smallest absolute Gasteiger partial charge is 0.258 e. The van der Waals surface area contributed by atoms with Crippen molar-refractivity contribution in [1.82, 2.24) is 10.6 Å². The summed E-state index contributed by atoms with van der Waals surface area (Å²) in [5, 5.41) is 5.99. The van der Waals surface area contributed by atoms with Crippen LogP contribution < -0.4 is 29.6 Å². The zero-order chi connectivity index (χ0) is 22.8. The van der Waals surface area contributed by atoms with Crippen molar-refractivity contribution in [1.29, 1.82) is 0 Å². The van der Waals surface area contributed by atoms with Gasteiger partial charge in [0.15, 0.2) is 13.2 Å². The van der Waals surface area contributed by atoms with Crippen molar-refractivity contribution in [3.63, 3.8) is 0 Å². The Morgan fingerprint density at radius 1 is 0.688 bits per heavy atom. The van der Waals surface area contributed by atoms with Crippen molar-refractivity contribution in [2.45, 2.75) is 37.8 Å². The molecule has 0 unspecified atom stereocenters. The Morgan fingerprint density at radius 3 is 1.38 bits per heavy atom. The fraction of sp³-hybridized carbons (Fsp3) is 0.417. The highest BCUT2D eigenvalue weighted by atomic mass is 16.5. The SMILES string of the molecule is COc1ccc(OCC(=O)N[C@H]2CCCC[C@@H]2NC(=O)COc2ccc(OC)cc2)cc1. The monoisotopic (exact) mass is 442 g/mol. The van der Waals surface area contributed by atoms with Gasteiger partial charge in [0, 0.05) is 12.1 Å². The Morgan fingerprint density at radius 2 is 1.03 bits per heavy atom. The molecule has 0 aromatic heterocycles. The first kappa shape index (κ1) is 23.2. The maximum atomic E-state index is 12.4. The van der Waals surface area contributed by atoms with E-state index in [1.165, 1.54) is 0 Å². The van der Waals surface area contributed by atoms with Crippen molar-refractivity contribution >= 4 is 11.8 Å². The molecule has 2 aromatic rings. The third-order valence-electron chi connectivity index (χ3n) is 5.32. The van der Waals surface area contributed by atoms with Gasteiger partial charge in [-0.25, -0.2) is 0 Å². The molecule has 32 heavy (non-hydrogen) atoms. The second-order valence-electron chi connectivity index (χ2n) is 7.56. The summed E-state index contributed by atoms with van der Waals surface area (Å²) in [4.78, 5) is 24.8. The van der Waals surface area contributed by atoms with E-state index < -0.39 is 0 Å². The summed E-state index contributed by atoms with van der Waals surface area (Å²) in [5.74, 6) is 2.18. The molecule has 2 N–H and O–H groups in total. The van der Waals surface area contributed by atoms with Gasteiger partial charge in [-0.2, -0.15) is 0 Å². The molecule has 1 aliphatic carbocycles. The van der Waals surface area contributed by atoms with Gasteiger partial charge in [0.1, 0.15) is 23.0 Å². The highest BCUT2D eigenvalue weighted by molar-refractivity contribution is 5.79. The summed E-state index contributed by atoms with van der Waals surface area (Å²) in [6.45, 7) is -0.186. The summed E-state index contributed by atoms with van der Waals surface area (Å²) in [6.07, 6.45) is 3.61. The van der Waals surface area contributed by atoms with Gasteiger partial charge in [0.25, 0.3) is 11.8 Å². The van der Waals surface area contributed by atoms with Crippen molar-refractivity contribution in [2.24, 2.45) is 0 Å². The fourth-order valence-electron chi connectivity index (χ4n) is 3.61. The highest BCUT2D eigenvalue weighted by Gasteiger charge is 2.28. The number of rotatable bonds is 10. The van der Waals surface area contributed by atoms with Crippen molar-refractivity contribution < 1.29 is 28.5 Å². The standard InChI is InChI=1S/C24H30N2O6/c1-29-17-7-11-19(12-8-17)31-15-23(27)25-21-5-3-4-6-22(21)26-24(28)16-32-20-13-9-18(30-2)10-14-20/h7-14,21-22H,3-6,15-16H2,1-2H3,(H,25,27)(H,26,28)/t21-,22-/m0/s1. The predicted octanol–water partition coefficient (Wildman–Crippen LogP) is 2.71. The Labute approximate surface area is 188 Å². The predicted molar refractivity (Wildman–Crippen MR) is 119 cm³/mol. The second-order valence-corrected chi connectivity index (χ2v) is 7.56. The molecule has 2 aromatic carbocycles. The Bertz CT molecular complexity index is 796. The van der Waals surface area contributed by atoms with E-state index in [0.717, 1.165) is 37.2 Å². The largest absolute Gasteiger partial charge is 0.497 e. The van der Waals surface area contributed by atoms with Crippen LogP contribution in [0.5, 0.6) is 23.0 Å². The van der Waals surface area contributed by atoms with Gasteiger partial charge >= 0.3 is 0 Å². The number of methoxy groups -OCH3 is 2. The maximum Gasteiger partial charge on any atom is 0.258 e. The lowest BCUT2D eigenvalue weighted by atomic mass is 9.90. The molecule has 1 aliphatic rings. The van der Waals surface area contributed by atoms with Crippen LogP contribution in [0.4, 0.5) is 0 Å². The number of hydrogen-bond acceptors (Lipinski definition) is 6. The lowest BCUT2D eigenvalue weighted by Crippen LogP contribution is -2.54. The van der Waals surface area contributed by atoms with Crippen LogP contribution in [0, 0.1) is 0 Å². The van der Waals surface area contributed by atoms with Crippen LogP contribution in [-0.2, 0) is 9.59 Å². The van der Waals surface area contributed by atoms with E-state index in [1.807, 2.05) is 0 Å². The average Bonchev–Trinajstić information content (AvgIpc) is 2.83. The van der Waals surface area contributed by atoms with Crippen LogP contribution in [-0.4, -0.2) is 51.3 Å². The summed E-state index contributed by atoms with van der Waals surface area (Å²) >= 11 is 0. The van der Waals surface area contributed by atoms with Gasteiger partial charge in [-0.3, -0.25) is 9.59 Å². The van der Waals surface area contributed by atoms with Gasteiger partial charge in [-0.05, 0) is 61.4 Å². The van der Waals surface area contributed by atoms with E-state index in [-0.39, 0.29) is 37.1 Å². The van der Waals surface area contributed by atoms with Gasteiger partial charge in [-0.15, -0.1) is 0 Å². The zero-order valence-electron chi connectivity index (χ0n) is 18.5. The summed E-state index contributed by atoms with van der Waals surface area (Å²) in [6, 6.07) is 13.8. The zero-order valence-corrected chi connectivity index (χ0v) is 18.5. The first-order chi connectivity index (χ1) is 15.6. The lowest BCUT2D eigenvalue weighted by Gasteiger charge is -2.32. The number of ether oxygens (including phenoxy) is 4. The third-order valence-corrected chi connectivity index (χ3v) is 5.32. The van der Waals surface area contributed by atoms with Crippen molar-refractivity contribution in [3.05, 3.63) is 48.5 Å². The molecule has 8 nitrogen and oxygen atoms in total. The van der Waals surface area contributed by atoms with Crippen LogP contribution in [0.1, 0.15) is 25.7 Å². The highest BCUT2D eigenvalue weighted by Crippen LogP contribution is 2.20. The van der Waals surface area contributed by atoms with Gasteiger partial charge in [-0.1, -0.05) is 12.8 Å². The summed E-state index contributed by atoms with van der Waals surface area (Å²) < 4.78 is 21.3. The molecule has 0 bridgehead atoms. The van der Waals surface area contributed by atoms with E-state index >= 15 is 0 Å². The van der Waals surface area contributed by atoms with Crippen LogP contribution >= 0.6 is 0 Å².